The van der Waals surface area contributed by atoms with Crippen molar-refractivity contribution in [3.05, 3.63) is 144 Å². The molecule has 5 fully saturated rings. The Morgan fingerprint density at radius 1 is 0.319 bits per heavy atom. The Bertz CT molecular complexity index is 4440. The van der Waals surface area contributed by atoms with Crippen LogP contribution in [0.15, 0.2) is 0 Å². The van der Waals surface area contributed by atoms with E-state index in [0.29, 0.717) is 6.42 Å². The second kappa shape index (κ2) is 39.9. The molecule has 0 amide bonds. The monoisotopic (exact) mass is 1710 g/mol. The summed E-state index contributed by atoms with van der Waals surface area (Å²) < 4.78 is 368. The van der Waals surface area contributed by atoms with Gasteiger partial charge in [0.15, 0.2) is 82.0 Å². The van der Waals surface area contributed by atoms with Gasteiger partial charge in [0, 0.05) is 22.3 Å². The van der Waals surface area contributed by atoms with Gasteiger partial charge in [-0.25, -0.2) is 114 Å². The van der Waals surface area contributed by atoms with E-state index >= 15 is 0 Å². The molecule has 5 aromatic rings. The minimum Gasteiger partial charge on any atom is -0.434 e. The van der Waals surface area contributed by atoms with Crippen molar-refractivity contribution in [2.75, 3.05) is 85.9 Å². The van der Waals surface area contributed by atoms with Gasteiger partial charge >= 0.3 is 61.6 Å². The van der Waals surface area contributed by atoms with Gasteiger partial charge in [-0.3, -0.25) is 0 Å². The second-order valence-corrected chi connectivity index (χ2v) is 23.7. The number of carbonyl (C=O) groups excluding carboxylic acids is 10. The minimum absolute atomic E-state index is 0.0842. The van der Waals surface area contributed by atoms with Crippen LogP contribution in [-0.4, -0.2) is 160 Å². The Kier molecular flexibility index (Phi) is 31.7. The lowest BCUT2D eigenvalue weighted by Crippen LogP contribution is -2.43. The lowest BCUT2D eigenvalue weighted by Gasteiger charge is -2.33. The van der Waals surface area contributed by atoms with Crippen molar-refractivity contribution in [1.82, 2.24) is 0 Å². The Morgan fingerprint density at radius 3 is 0.940 bits per heavy atom. The Hall–Kier alpha value is -12.7. The number of carbonyl (C=O) groups is 10. The van der Waals surface area contributed by atoms with Gasteiger partial charge in [-0.05, 0) is 41.0 Å². The maximum Gasteiger partial charge on any atom is 0.514 e. The smallest absolute Gasteiger partial charge is 0.434 e. The quantitative estimate of drug-likeness (QED) is 0.0235. The fourth-order valence-corrected chi connectivity index (χ4v) is 8.43. The van der Waals surface area contributed by atoms with Crippen LogP contribution >= 0.6 is 0 Å². The Balaban J connectivity index is 0.000000226. The highest BCUT2D eigenvalue weighted by Crippen LogP contribution is 2.37. The maximum atomic E-state index is 13.7. The number of cyclic esters (lactones) is 10. The van der Waals surface area contributed by atoms with E-state index in [-0.39, 0.29) is 72.7 Å². The van der Waals surface area contributed by atoms with Gasteiger partial charge in [0.05, 0.1) is 16.7 Å². The van der Waals surface area contributed by atoms with E-state index in [1.165, 1.54) is 0 Å². The van der Waals surface area contributed by atoms with Crippen molar-refractivity contribution < 1.29 is 235 Å². The fourth-order valence-electron chi connectivity index (χ4n) is 8.43. The molecule has 5 aliphatic heterocycles. The Labute approximate surface area is 631 Å². The van der Waals surface area contributed by atoms with Crippen molar-refractivity contribution >= 4 is 61.6 Å². The molecule has 5 aliphatic rings. The zero-order valence-electron chi connectivity index (χ0n) is 58.8. The summed E-state index contributed by atoms with van der Waals surface area (Å²) >= 11 is 0. The first-order chi connectivity index (χ1) is 54.3. The number of rotatable bonds is 15. The maximum absolute atomic E-state index is 13.7. The summed E-state index contributed by atoms with van der Waals surface area (Å²) in [4.78, 5) is 111. The average Bonchev–Trinajstić information content (AvgIpc) is 0.913. The van der Waals surface area contributed by atoms with Crippen LogP contribution in [0.5, 0.6) is 28.7 Å². The molecular weight excluding hydrogens is 1660 g/mol. The van der Waals surface area contributed by atoms with E-state index < -0.39 is 277 Å². The van der Waals surface area contributed by atoms with Crippen LogP contribution in [0, 0.1) is 167 Å². The molecule has 1 unspecified atom stereocenters. The summed E-state index contributed by atoms with van der Waals surface area (Å²) in [6, 6.07) is 0. The highest BCUT2D eigenvalue weighted by molar-refractivity contribution is 5.68. The SMILES string of the molecule is CCC1(COC(=O)Oc2c(F)c(F)c(F)c(F)c2F)COC(=O)OC1.Cc1c(F)c(F)c(F)c(OC(=O)OC2COC(=O)OC2)c1F.Cc1c(F)c(F)c(F)c(OC(=O)OCC2(C)COC(=O)OC2)c1F.Cc1c(F)c(F)c(F)c(OC(=O)OCC2COC(=O)O2)c1F.Cc1c(F)c(F)c(F)c(OC(=O)OCC2COC(=O)OC2)c1F. The van der Waals surface area contributed by atoms with E-state index in [1.807, 2.05) is 0 Å². The Morgan fingerprint density at radius 2 is 0.595 bits per heavy atom. The van der Waals surface area contributed by atoms with E-state index in [1.54, 1.807) is 13.8 Å². The van der Waals surface area contributed by atoms with Crippen molar-refractivity contribution in [3.8, 4) is 28.7 Å². The first-order valence-electron chi connectivity index (χ1n) is 31.4. The molecule has 10 rings (SSSR count). The van der Waals surface area contributed by atoms with Crippen molar-refractivity contribution in [1.29, 1.82) is 0 Å². The number of benzene rings is 5. The molecule has 5 aromatic carbocycles. The van der Waals surface area contributed by atoms with Crippen LogP contribution in [-0.2, 0) is 71.1 Å². The van der Waals surface area contributed by atoms with Gasteiger partial charge in [-0.15, -0.1) is 0 Å². The third-order valence-corrected chi connectivity index (χ3v) is 15.1. The summed E-state index contributed by atoms with van der Waals surface area (Å²) in [6.07, 6.45) is -14.2. The largest absolute Gasteiger partial charge is 0.514 e. The molecule has 0 N–H and O–H groups in total. The van der Waals surface area contributed by atoms with Gasteiger partial charge < -0.3 is 94.7 Å². The fraction of sp³-hybridized carbons (Fsp3) is 0.385. The first kappa shape index (κ1) is 92.2. The van der Waals surface area contributed by atoms with Gasteiger partial charge in [-0.1, -0.05) is 6.92 Å². The number of halogens is 21. The molecule has 0 aliphatic carbocycles. The van der Waals surface area contributed by atoms with Gasteiger partial charge in [0.1, 0.15) is 85.9 Å². The van der Waals surface area contributed by atoms with Crippen LogP contribution in [0.25, 0.3) is 0 Å². The zero-order chi connectivity index (χ0) is 86.9. The van der Waals surface area contributed by atoms with Crippen LogP contribution < -0.4 is 23.7 Å². The minimum atomic E-state index is -2.39. The van der Waals surface area contributed by atoms with Crippen molar-refractivity contribution in [2.24, 2.45) is 16.7 Å². The van der Waals surface area contributed by atoms with E-state index in [2.05, 4.69) is 94.7 Å². The first-order valence-corrected chi connectivity index (χ1v) is 31.4. The van der Waals surface area contributed by atoms with Crippen molar-refractivity contribution in [3.63, 3.8) is 0 Å². The zero-order valence-corrected chi connectivity index (χ0v) is 58.8. The molecule has 0 spiro atoms. The third-order valence-electron chi connectivity index (χ3n) is 15.1. The summed E-state index contributed by atoms with van der Waals surface area (Å²) in [6.45, 7) is 3.33. The molecule has 51 heteroatoms. The number of hydrogen-bond acceptors (Lipinski definition) is 30. The molecule has 0 aromatic heterocycles. The molecule has 5 saturated heterocycles. The normalized spacial score (nSPS) is 15.8. The summed E-state index contributed by atoms with van der Waals surface area (Å²) in [5, 5.41) is 0. The third kappa shape index (κ3) is 23.3. The summed E-state index contributed by atoms with van der Waals surface area (Å²) in [7, 11) is 0. The second-order valence-electron chi connectivity index (χ2n) is 23.7. The molecule has 30 nitrogen and oxygen atoms in total. The van der Waals surface area contributed by atoms with Crippen LogP contribution in [0.4, 0.5) is 140 Å². The summed E-state index contributed by atoms with van der Waals surface area (Å²) in [5.41, 5.74) is -5.25. The highest BCUT2D eigenvalue weighted by atomic mass is 19.2. The molecule has 5 heterocycles. The van der Waals surface area contributed by atoms with Gasteiger partial charge in [-0.2, -0.15) is 26.3 Å². The van der Waals surface area contributed by atoms with E-state index in [4.69, 9.17) is 0 Å². The van der Waals surface area contributed by atoms with Crippen LogP contribution in [0.2, 0.25) is 0 Å². The molecule has 1 atom stereocenters. The van der Waals surface area contributed by atoms with Gasteiger partial charge in [0.25, 0.3) is 0 Å². The lowest BCUT2D eigenvalue weighted by molar-refractivity contribution is -0.0865. The van der Waals surface area contributed by atoms with Crippen LogP contribution in [0.1, 0.15) is 42.5 Å². The molecule has 0 radical (unpaired) electrons. The van der Waals surface area contributed by atoms with Gasteiger partial charge in [0.2, 0.25) is 81.1 Å². The van der Waals surface area contributed by atoms with E-state index in [0.717, 1.165) is 27.7 Å². The number of ether oxygens (including phenoxy) is 20. The summed E-state index contributed by atoms with van der Waals surface area (Å²) in [5.74, 6) is -48.6. The highest BCUT2D eigenvalue weighted by Gasteiger charge is 2.41. The molecule has 116 heavy (non-hydrogen) atoms. The lowest BCUT2D eigenvalue weighted by atomic mass is 9.87. The topological polar surface area (TPSA) is 355 Å². The predicted molar refractivity (Wildman–Crippen MR) is 319 cm³/mol. The standard InChI is InChI=1S/C14H11F5O6.C14H12F4O6.C13H10F4O6.2C12H8F4O6/c1-2-14(3-22-12(20)23-4-14)5-24-13(21)25-11-9(18)7(16)6(15)8(17)10(11)19;1-6-7(15)9(17)10(18)11(8(6)16)24-13(20)23-5-14(2)3-21-12(19)22-4-14;1-5-7(14)9(16)10(17)11(8(5)15)23-13(19)22-4-6-2-20-12(18)21-3-6;1-4-6(13)8(15)9(16)10(7(4)14)22-12(18)20-3-5-2-19-11(17)21-5;1-4-6(13)8(15)9(16)10(7(4)14)22-12(18)21-5-2-19-11(17)20-3-5/h2-5H2,1H3;3-5H2,1-2H3;6H,2-4H2,1H3;2*5H,2-3H2,1H3. The predicted octanol–water partition coefficient (Wildman–Crippen LogP) is 14.8. The molecular formula is C65H49F21O30. The number of hydrogen-bond donors (Lipinski definition) is 0. The van der Waals surface area contributed by atoms with Crippen LogP contribution in [0.3, 0.4) is 0 Å². The molecule has 636 valence electrons. The average molecular weight is 1710 g/mol. The van der Waals surface area contributed by atoms with E-state index in [9.17, 15) is 140 Å². The molecule has 0 saturated carbocycles. The molecule has 0 bridgehead atoms. The van der Waals surface area contributed by atoms with Crippen molar-refractivity contribution in [2.45, 2.75) is 60.2 Å².